The van der Waals surface area contributed by atoms with Crippen molar-refractivity contribution < 1.29 is 4.74 Å². The molecule has 138 valence electrons. The molecule has 0 amide bonds. The van der Waals surface area contributed by atoms with Crippen LogP contribution in [0.5, 0.6) is 5.75 Å². The summed E-state index contributed by atoms with van der Waals surface area (Å²) in [4.78, 5) is 11.4. The number of hydrogen-bond donors (Lipinski definition) is 1. The SMILES string of the molecule is COc1ccccc1CCNc1ccnc(N2CCc3ccccc3C2)n1. The molecule has 0 atom stereocenters. The van der Waals surface area contributed by atoms with Crippen molar-refractivity contribution in [1.29, 1.82) is 0 Å². The first-order valence-corrected chi connectivity index (χ1v) is 9.34. The summed E-state index contributed by atoms with van der Waals surface area (Å²) < 4.78 is 5.42. The second kappa shape index (κ2) is 8.08. The molecular weight excluding hydrogens is 336 g/mol. The van der Waals surface area contributed by atoms with Crippen LogP contribution in [-0.2, 0) is 19.4 Å². The fraction of sp³-hybridized carbons (Fsp3) is 0.273. The lowest BCUT2D eigenvalue weighted by Gasteiger charge is -2.28. The summed E-state index contributed by atoms with van der Waals surface area (Å²) >= 11 is 0. The van der Waals surface area contributed by atoms with Crippen molar-refractivity contribution in [2.24, 2.45) is 0 Å². The molecule has 0 saturated heterocycles. The van der Waals surface area contributed by atoms with Crippen molar-refractivity contribution in [2.75, 3.05) is 30.4 Å². The number of para-hydroxylation sites is 1. The molecule has 2 heterocycles. The summed E-state index contributed by atoms with van der Waals surface area (Å²) in [7, 11) is 1.71. The summed E-state index contributed by atoms with van der Waals surface area (Å²) in [5.74, 6) is 2.57. The van der Waals surface area contributed by atoms with Gasteiger partial charge in [0.15, 0.2) is 0 Å². The summed E-state index contributed by atoms with van der Waals surface area (Å²) in [5.41, 5.74) is 3.98. The molecule has 4 rings (SSSR count). The molecule has 0 radical (unpaired) electrons. The smallest absolute Gasteiger partial charge is 0.227 e. The molecule has 27 heavy (non-hydrogen) atoms. The van der Waals surface area contributed by atoms with Crippen LogP contribution in [0.15, 0.2) is 60.8 Å². The second-order valence-corrected chi connectivity index (χ2v) is 6.67. The van der Waals surface area contributed by atoms with Crippen LogP contribution in [-0.4, -0.2) is 30.2 Å². The highest BCUT2D eigenvalue weighted by molar-refractivity contribution is 5.45. The molecule has 1 N–H and O–H groups in total. The Morgan fingerprint density at radius 2 is 1.85 bits per heavy atom. The molecule has 2 aromatic carbocycles. The van der Waals surface area contributed by atoms with Gasteiger partial charge in [0.2, 0.25) is 5.95 Å². The second-order valence-electron chi connectivity index (χ2n) is 6.67. The van der Waals surface area contributed by atoms with E-state index in [4.69, 9.17) is 9.72 Å². The van der Waals surface area contributed by atoms with E-state index < -0.39 is 0 Å². The van der Waals surface area contributed by atoms with Crippen molar-refractivity contribution in [3.05, 3.63) is 77.5 Å². The van der Waals surface area contributed by atoms with Crippen LogP contribution >= 0.6 is 0 Å². The Hall–Kier alpha value is -3.08. The molecule has 0 fully saturated rings. The number of anilines is 2. The van der Waals surface area contributed by atoms with Crippen LogP contribution in [0.1, 0.15) is 16.7 Å². The van der Waals surface area contributed by atoms with E-state index in [1.54, 1.807) is 7.11 Å². The van der Waals surface area contributed by atoms with Gasteiger partial charge in [-0.15, -0.1) is 0 Å². The van der Waals surface area contributed by atoms with Gasteiger partial charge in [0.1, 0.15) is 11.6 Å². The average Bonchev–Trinajstić information content (AvgIpc) is 2.74. The molecule has 0 unspecified atom stereocenters. The molecule has 1 aromatic heterocycles. The number of methoxy groups -OCH3 is 1. The topological polar surface area (TPSA) is 50.3 Å². The number of nitrogens with one attached hydrogen (secondary N) is 1. The highest BCUT2D eigenvalue weighted by Crippen LogP contribution is 2.22. The normalized spacial score (nSPS) is 13.1. The summed E-state index contributed by atoms with van der Waals surface area (Å²) in [5, 5.41) is 3.41. The number of aromatic nitrogens is 2. The highest BCUT2D eigenvalue weighted by Gasteiger charge is 2.18. The third-order valence-electron chi connectivity index (χ3n) is 4.95. The van der Waals surface area contributed by atoms with Crippen LogP contribution in [0, 0.1) is 0 Å². The monoisotopic (exact) mass is 360 g/mol. The Kier molecular flexibility index (Phi) is 5.19. The van der Waals surface area contributed by atoms with Gasteiger partial charge in [0.25, 0.3) is 0 Å². The zero-order valence-corrected chi connectivity index (χ0v) is 15.6. The first-order chi connectivity index (χ1) is 13.3. The van der Waals surface area contributed by atoms with Gasteiger partial charge >= 0.3 is 0 Å². The maximum Gasteiger partial charge on any atom is 0.227 e. The summed E-state index contributed by atoms with van der Waals surface area (Å²) in [6, 6.07) is 18.6. The largest absolute Gasteiger partial charge is 0.496 e. The lowest BCUT2D eigenvalue weighted by Crippen LogP contribution is -2.31. The quantitative estimate of drug-likeness (QED) is 0.726. The Morgan fingerprint density at radius 3 is 2.74 bits per heavy atom. The molecule has 1 aliphatic rings. The molecule has 0 saturated carbocycles. The van der Waals surface area contributed by atoms with Crippen molar-refractivity contribution in [3.63, 3.8) is 0 Å². The Labute approximate surface area is 160 Å². The zero-order chi connectivity index (χ0) is 18.5. The minimum Gasteiger partial charge on any atom is -0.496 e. The average molecular weight is 360 g/mol. The van der Waals surface area contributed by atoms with E-state index >= 15 is 0 Å². The lowest BCUT2D eigenvalue weighted by atomic mass is 10.0. The van der Waals surface area contributed by atoms with Crippen LogP contribution in [0.25, 0.3) is 0 Å². The van der Waals surface area contributed by atoms with Crippen LogP contribution in [0.2, 0.25) is 0 Å². The number of benzene rings is 2. The molecule has 0 bridgehead atoms. The number of rotatable bonds is 6. The van der Waals surface area contributed by atoms with E-state index in [0.29, 0.717) is 0 Å². The fourth-order valence-corrected chi connectivity index (χ4v) is 3.50. The van der Waals surface area contributed by atoms with Gasteiger partial charge in [0.05, 0.1) is 7.11 Å². The first-order valence-electron chi connectivity index (χ1n) is 9.34. The van der Waals surface area contributed by atoms with Gasteiger partial charge in [-0.1, -0.05) is 42.5 Å². The molecule has 5 heteroatoms. The van der Waals surface area contributed by atoms with Gasteiger partial charge in [-0.2, -0.15) is 4.98 Å². The van der Waals surface area contributed by atoms with E-state index in [1.807, 2.05) is 30.5 Å². The van der Waals surface area contributed by atoms with E-state index in [-0.39, 0.29) is 0 Å². The third kappa shape index (κ3) is 4.03. The van der Waals surface area contributed by atoms with Gasteiger partial charge in [0, 0.05) is 25.8 Å². The maximum atomic E-state index is 5.42. The standard InChI is InChI=1S/C22H24N4O/c1-27-20-9-5-4-7-18(20)10-13-23-21-11-14-24-22(25-21)26-15-12-17-6-2-3-8-19(17)16-26/h2-9,11,14H,10,12-13,15-16H2,1H3,(H,23,24,25). The van der Waals surface area contributed by atoms with E-state index in [9.17, 15) is 0 Å². The summed E-state index contributed by atoms with van der Waals surface area (Å²) in [6.45, 7) is 2.60. The van der Waals surface area contributed by atoms with E-state index in [0.717, 1.165) is 50.0 Å². The molecular formula is C22H24N4O. The van der Waals surface area contributed by atoms with Crippen molar-refractivity contribution in [3.8, 4) is 5.75 Å². The molecule has 0 spiro atoms. The third-order valence-corrected chi connectivity index (χ3v) is 4.95. The number of nitrogens with zero attached hydrogens (tertiary/aromatic N) is 3. The molecule has 5 nitrogen and oxygen atoms in total. The Morgan fingerprint density at radius 1 is 1.04 bits per heavy atom. The predicted molar refractivity (Wildman–Crippen MR) is 108 cm³/mol. The minimum absolute atomic E-state index is 0.784. The number of hydrogen-bond acceptors (Lipinski definition) is 5. The van der Waals surface area contributed by atoms with Crippen molar-refractivity contribution in [2.45, 2.75) is 19.4 Å². The molecule has 3 aromatic rings. The van der Waals surface area contributed by atoms with Crippen LogP contribution in [0.3, 0.4) is 0 Å². The zero-order valence-electron chi connectivity index (χ0n) is 15.6. The van der Waals surface area contributed by atoms with Crippen LogP contribution < -0.4 is 15.0 Å². The maximum absolute atomic E-state index is 5.42. The molecule has 0 aliphatic carbocycles. The fourth-order valence-electron chi connectivity index (χ4n) is 3.50. The van der Waals surface area contributed by atoms with Gasteiger partial charge in [-0.05, 0) is 41.7 Å². The molecule has 1 aliphatic heterocycles. The number of fused-ring (bicyclic) bond motifs is 1. The Bertz CT molecular complexity index is 912. The minimum atomic E-state index is 0.784. The van der Waals surface area contributed by atoms with Crippen molar-refractivity contribution >= 4 is 11.8 Å². The Balaban J connectivity index is 1.40. The predicted octanol–water partition coefficient (Wildman–Crippen LogP) is 3.70. The van der Waals surface area contributed by atoms with Crippen molar-refractivity contribution in [1.82, 2.24) is 9.97 Å². The van der Waals surface area contributed by atoms with Gasteiger partial charge in [-0.25, -0.2) is 4.98 Å². The summed E-state index contributed by atoms with van der Waals surface area (Å²) in [6.07, 6.45) is 3.74. The first kappa shape index (κ1) is 17.3. The van der Waals surface area contributed by atoms with E-state index in [2.05, 4.69) is 45.5 Å². The lowest BCUT2D eigenvalue weighted by molar-refractivity contribution is 0.410. The van der Waals surface area contributed by atoms with Gasteiger partial charge in [-0.3, -0.25) is 0 Å². The van der Waals surface area contributed by atoms with Gasteiger partial charge < -0.3 is 15.0 Å². The van der Waals surface area contributed by atoms with E-state index in [1.165, 1.54) is 16.7 Å². The van der Waals surface area contributed by atoms with Crippen LogP contribution in [0.4, 0.5) is 11.8 Å². The highest BCUT2D eigenvalue weighted by atomic mass is 16.5. The number of ether oxygens (including phenoxy) is 1.